The van der Waals surface area contributed by atoms with Crippen LogP contribution in [0.15, 0.2) is 78.0 Å². The summed E-state index contributed by atoms with van der Waals surface area (Å²) in [6, 6.07) is 18.0. The van der Waals surface area contributed by atoms with Crippen LogP contribution in [0.4, 0.5) is 0 Å². The zero-order valence-corrected chi connectivity index (χ0v) is 18.7. The summed E-state index contributed by atoms with van der Waals surface area (Å²) in [5.41, 5.74) is 3.93. The number of fused-ring (bicyclic) bond motifs is 1. The minimum absolute atomic E-state index is 0.173. The second kappa shape index (κ2) is 8.72. The first kappa shape index (κ1) is 20.6. The fourth-order valence-electron chi connectivity index (χ4n) is 4.93. The maximum absolute atomic E-state index is 12.9. The number of nitrogens with zero attached hydrogens (tertiary/aromatic N) is 5. The van der Waals surface area contributed by atoms with Gasteiger partial charge < -0.3 is 0 Å². The molecule has 3 aromatic heterocycles. The Morgan fingerprint density at radius 1 is 1.03 bits per heavy atom. The highest BCUT2D eigenvalue weighted by molar-refractivity contribution is 5.89. The molecule has 1 unspecified atom stereocenters. The van der Waals surface area contributed by atoms with Crippen LogP contribution < -0.4 is 5.69 Å². The summed E-state index contributed by atoms with van der Waals surface area (Å²) in [7, 11) is 0. The number of hydrogen-bond acceptors (Lipinski definition) is 5. The number of benzene rings is 2. The normalized spacial score (nSPS) is 16.8. The SMILES string of the molecule is O=c1[nH]c(C2CCCN(Cc3cn[nH]c3-c3ccccc3)C2)nn1-c1cccc2cnccc12. The summed E-state index contributed by atoms with van der Waals surface area (Å²) < 4.78 is 1.49. The first-order chi connectivity index (χ1) is 16.8. The van der Waals surface area contributed by atoms with Gasteiger partial charge in [0.2, 0.25) is 0 Å². The van der Waals surface area contributed by atoms with Crippen molar-refractivity contribution in [1.29, 1.82) is 0 Å². The quantitative estimate of drug-likeness (QED) is 0.423. The molecule has 8 heteroatoms. The van der Waals surface area contributed by atoms with E-state index in [4.69, 9.17) is 5.10 Å². The number of rotatable bonds is 5. The monoisotopic (exact) mass is 451 g/mol. The van der Waals surface area contributed by atoms with E-state index in [2.05, 4.69) is 37.2 Å². The van der Waals surface area contributed by atoms with E-state index in [9.17, 15) is 4.79 Å². The van der Waals surface area contributed by atoms with Gasteiger partial charge in [-0.25, -0.2) is 4.79 Å². The molecule has 0 bridgehead atoms. The molecule has 2 aromatic carbocycles. The molecule has 1 aliphatic rings. The maximum atomic E-state index is 12.9. The third-order valence-electron chi connectivity index (χ3n) is 6.59. The molecule has 2 N–H and O–H groups in total. The lowest BCUT2D eigenvalue weighted by Crippen LogP contribution is -2.34. The van der Waals surface area contributed by atoms with Crippen molar-refractivity contribution < 1.29 is 0 Å². The molecule has 8 nitrogen and oxygen atoms in total. The first-order valence-electron chi connectivity index (χ1n) is 11.6. The third kappa shape index (κ3) is 3.82. The molecule has 0 spiro atoms. The van der Waals surface area contributed by atoms with E-state index in [1.165, 1.54) is 10.2 Å². The van der Waals surface area contributed by atoms with E-state index < -0.39 is 0 Å². The molecule has 6 rings (SSSR count). The van der Waals surface area contributed by atoms with E-state index in [0.29, 0.717) is 0 Å². The fraction of sp³-hybridized carbons (Fsp3) is 0.231. The Morgan fingerprint density at radius 3 is 2.85 bits per heavy atom. The zero-order chi connectivity index (χ0) is 22.9. The standard InChI is InChI=1S/C26H25N7O/c34-26-29-25(31-33(26)23-10-4-8-19-14-27-12-11-22(19)23)20-9-5-13-32(16-20)17-21-15-28-30-24(21)18-6-2-1-3-7-18/h1-4,6-8,10-12,14-15,20H,5,9,13,16-17H2,(H,28,30)(H,29,31,34). The van der Waals surface area contributed by atoms with Gasteiger partial charge in [0.1, 0.15) is 5.82 Å². The minimum atomic E-state index is -0.211. The number of H-pyrrole nitrogens is 2. The molecular formula is C26H25N7O. The molecule has 34 heavy (non-hydrogen) atoms. The number of pyridine rings is 1. The van der Waals surface area contributed by atoms with Crippen molar-refractivity contribution in [3.8, 4) is 16.9 Å². The summed E-state index contributed by atoms with van der Waals surface area (Å²) in [5, 5.41) is 14.1. The lowest BCUT2D eigenvalue weighted by molar-refractivity contribution is 0.197. The predicted molar refractivity (Wildman–Crippen MR) is 131 cm³/mol. The van der Waals surface area contributed by atoms with Crippen molar-refractivity contribution in [2.24, 2.45) is 0 Å². The van der Waals surface area contributed by atoms with Gasteiger partial charge in [-0.2, -0.15) is 9.78 Å². The highest BCUT2D eigenvalue weighted by Crippen LogP contribution is 2.28. The molecular weight excluding hydrogens is 426 g/mol. The lowest BCUT2D eigenvalue weighted by atomic mass is 9.96. The average Bonchev–Trinajstić information content (AvgIpc) is 3.51. The van der Waals surface area contributed by atoms with Crippen LogP contribution in [0, 0.1) is 0 Å². The van der Waals surface area contributed by atoms with Gasteiger partial charge in [0.15, 0.2) is 0 Å². The number of likely N-dealkylation sites (tertiary alicyclic amines) is 1. The number of nitrogens with one attached hydrogen (secondary N) is 2. The molecule has 4 heterocycles. The average molecular weight is 452 g/mol. The molecule has 0 amide bonds. The Hall–Kier alpha value is -4.04. The van der Waals surface area contributed by atoms with Gasteiger partial charge in [0, 0.05) is 47.7 Å². The molecule has 5 aromatic rings. The van der Waals surface area contributed by atoms with Crippen molar-refractivity contribution in [3.05, 3.63) is 95.1 Å². The van der Waals surface area contributed by atoms with Gasteiger partial charge in [0.25, 0.3) is 0 Å². The molecule has 0 radical (unpaired) electrons. The number of aromatic nitrogens is 6. The van der Waals surface area contributed by atoms with Crippen LogP contribution in [0.2, 0.25) is 0 Å². The van der Waals surface area contributed by atoms with Crippen molar-refractivity contribution >= 4 is 10.8 Å². The summed E-state index contributed by atoms with van der Waals surface area (Å²) in [6.45, 7) is 2.65. The summed E-state index contributed by atoms with van der Waals surface area (Å²) in [6.07, 6.45) is 7.51. The topological polar surface area (TPSA) is 95.5 Å². The highest BCUT2D eigenvalue weighted by Gasteiger charge is 2.26. The Balaban J connectivity index is 1.24. The summed E-state index contributed by atoms with van der Waals surface area (Å²) in [5.74, 6) is 0.919. The smallest absolute Gasteiger partial charge is 0.298 e. The largest absolute Gasteiger partial charge is 0.348 e. The van der Waals surface area contributed by atoms with Gasteiger partial charge in [-0.05, 0) is 37.1 Å². The van der Waals surface area contributed by atoms with E-state index in [0.717, 1.165) is 66.0 Å². The van der Waals surface area contributed by atoms with Crippen molar-refractivity contribution in [1.82, 2.24) is 34.8 Å². The lowest BCUT2D eigenvalue weighted by Gasteiger charge is -2.31. The number of piperidine rings is 1. The predicted octanol–water partition coefficient (Wildman–Crippen LogP) is 3.88. The Morgan fingerprint density at radius 2 is 1.94 bits per heavy atom. The second-order valence-electron chi connectivity index (χ2n) is 8.81. The van der Waals surface area contributed by atoms with Gasteiger partial charge in [-0.3, -0.25) is 20.0 Å². The fourth-order valence-corrected chi connectivity index (χ4v) is 4.93. The minimum Gasteiger partial charge on any atom is -0.298 e. The van der Waals surface area contributed by atoms with E-state index in [1.54, 1.807) is 12.4 Å². The molecule has 1 saturated heterocycles. The van der Waals surface area contributed by atoms with Crippen molar-refractivity contribution in [3.63, 3.8) is 0 Å². The number of hydrogen-bond donors (Lipinski definition) is 2. The van der Waals surface area contributed by atoms with E-state index >= 15 is 0 Å². The van der Waals surface area contributed by atoms with Crippen molar-refractivity contribution in [2.75, 3.05) is 13.1 Å². The van der Waals surface area contributed by atoms with E-state index in [1.807, 2.05) is 48.7 Å². The summed E-state index contributed by atoms with van der Waals surface area (Å²) >= 11 is 0. The maximum Gasteiger partial charge on any atom is 0.348 e. The first-order valence-corrected chi connectivity index (χ1v) is 11.6. The van der Waals surface area contributed by atoms with Crippen LogP contribution >= 0.6 is 0 Å². The zero-order valence-electron chi connectivity index (χ0n) is 18.7. The van der Waals surface area contributed by atoms with Crippen LogP contribution in [0.5, 0.6) is 0 Å². The van der Waals surface area contributed by atoms with Crippen LogP contribution in [0.1, 0.15) is 30.1 Å². The Bertz CT molecular complexity index is 1480. The van der Waals surface area contributed by atoms with Gasteiger partial charge in [-0.1, -0.05) is 42.5 Å². The van der Waals surface area contributed by atoms with Crippen LogP contribution in [-0.2, 0) is 6.54 Å². The Kier molecular flexibility index (Phi) is 5.27. The van der Waals surface area contributed by atoms with Gasteiger partial charge in [0.05, 0.1) is 17.6 Å². The Labute approximate surface area is 196 Å². The molecule has 170 valence electrons. The van der Waals surface area contributed by atoms with Crippen LogP contribution in [0.3, 0.4) is 0 Å². The molecule has 1 fully saturated rings. The third-order valence-corrected chi connectivity index (χ3v) is 6.59. The van der Waals surface area contributed by atoms with Gasteiger partial charge >= 0.3 is 5.69 Å². The van der Waals surface area contributed by atoms with E-state index in [-0.39, 0.29) is 11.6 Å². The molecule has 0 saturated carbocycles. The number of aromatic amines is 2. The van der Waals surface area contributed by atoms with Gasteiger partial charge in [-0.15, -0.1) is 5.10 Å². The van der Waals surface area contributed by atoms with Crippen LogP contribution in [0.25, 0.3) is 27.7 Å². The highest BCUT2D eigenvalue weighted by atomic mass is 16.1. The molecule has 1 atom stereocenters. The van der Waals surface area contributed by atoms with Crippen LogP contribution in [-0.4, -0.2) is 47.9 Å². The summed E-state index contributed by atoms with van der Waals surface area (Å²) in [4.78, 5) is 22.5. The molecule has 1 aliphatic heterocycles. The molecule has 0 aliphatic carbocycles. The van der Waals surface area contributed by atoms with Crippen molar-refractivity contribution in [2.45, 2.75) is 25.3 Å². The second-order valence-corrected chi connectivity index (χ2v) is 8.81.